The van der Waals surface area contributed by atoms with Crippen LogP contribution in [0.3, 0.4) is 0 Å². The highest BCUT2D eigenvalue weighted by atomic mass is 35.5. The van der Waals surface area contributed by atoms with Crippen molar-refractivity contribution in [1.82, 2.24) is 15.0 Å². The van der Waals surface area contributed by atoms with Crippen LogP contribution in [-0.2, 0) is 5.75 Å². The summed E-state index contributed by atoms with van der Waals surface area (Å²) in [6.45, 7) is 2.00. The molecule has 0 radical (unpaired) electrons. The van der Waals surface area contributed by atoms with Gasteiger partial charge in [-0.3, -0.25) is 4.98 Å². The summed E-state index contributed by atoms with van der Waals surface area (Å²) in [5.74, 6) is 0.814. The zero-order chi connectivity index (χ0) is 13.1. The molecule has 0 bridgehead atoms. The number of hydrogen-bond donors (Lipinski definition) is 0. The van der Waals surface area contributed by atoms with E-state index < -0.39 is 0 Å². The van der Waals surface area contributed by atoms with Crippen molar-refractivity contribution in [2.45, 2.75) is 17.7 Å². The molecule has 20 heavy (non-hydrogen) atoms. The lowest BCUT2D eigenvalue weighted by atomic mass is 10.3. The molecule has 102 valence electrons. The van der Waals surface area contributed by atoms with Crippen LogP contribution in [0.15, 0.2) is 53.7 Å². The molecule has 1 aromatic carbocycles. The average Bonchev–Trinajstić information content (AvgIpc) is 2.46. The molecule has 0 aliphatic rings. The number of thioether (sulfide) groups is 1. The molecule has 2 aromatic heterocycles. The highest BCUT2D eigenvalue weighted by molar-refractivity contribution is 7.98. The highest BCUT2D eigenvalue weighted by Crippen LogP contribution is 2.24. The van der Waals surface area contributed by atoms with Crippen LogP contribution in [-0.4, -0.2) is 15.0 Å². The maximum Gasteiger partial charge on any atom is 0.118 e. The zero-order valence-electron chi connectivity index (χ0n) is 11.0. The summed E-state index contributed by atoms with van der Waals surface area (Å²) in [6, 6.07) is 13.9. The number of benzene rings is 1. The van der Waals surface area contributed by atoms with E-state index in [9.17, 15) is 0 Å². The van der Waals surface area contributed by atoms with Crippen molar-refractivity contribution in [3.63, 3.8) is 0 Å². The maximum absolute atomic E-state index is 4.66. The molecule has 0 aliphatic heterocycles. The largest absolute Gasteiger partial charge is 0.260 e. The van der Waals surface area contributed by atoms with E-state index >= 15 is 0 Å². The Morgan fingerprint density at radius 1 is 0.950 bits per heavy atom. The predicted molar refractivity (Wildman–Crippen MR) is 85.3 cm³/mol. The Bertz CT molecular complexity index is 704. The number of rotatable bonds is 3. The summed E-state index contributed by atoms with van der Waals surface area (Å²) in [5, 5.41) is 0.976. The van der Waals surface area contributed by atoms with Gasteiger partial charge in [-0.25, -0.2) is 9.97 Å². The van der Waals surface area contributed by atoms with Crippen molar-refractivity contribution in [2.75, 3.05) is 0 Å². The lowest BCUT2D eigenvalue weighted by molar-refractivity contribution is 1.03. The van der Waals surface area contributed by atoms with Crippen LogP contribution < -0.4 is 0 Å². The molecule has 0 unspecified atom stereocenters. The number of halogens is 1. The molecule has 0 amide bonds. The average molecular weight is 304 g/mol. The Kier molecular flexibility index (Phi) is 4.93. The monoisotopic (exact) mass is 303 g/mol. The zero-order valence-corrected chi connectivity index (χ0v) is 12.6. The van der Waals surface area contributed by atoms with E-state index in [1.807, 2.05) is 55.6 Å². The van der Waals surface area contributed by atoms with Crippen molar-refractivity contribution in [3.8, 4) is 0 Å². The smallest absolute Gasteiger partial charge is 0.118 e. The van der Waals surface area contributed by atoms with Crippen LogP contribution >= 0.6 is 24.2 Å². The minimum absolute atomic E-state index is 0. The van der Waals surface area contributed by atoms with E-state index in [1.165, 1.54) is 0 Å². The van der Waals surface area contributed by atoms with Crippen molar-refractivity contribution < 1.29 is 0 Å². The third-order valence-electron chi connectivity index (χ3n) is 2.78. The van der Waals surface area contributed by atoms with Gasteiger partial charge in [-0.15, -0.1) is 12.4 Å². The Hall–Kier alpha value is -1.65. The summed E-state index contributed by atoms with van der Waals surface area (Å²) in [4.78, 5) is 13.6. The predicted octanol–water partition coefficient (Wildman–Crippen LogP) is 4.05. The third-order valence-corrected chi connectivity index (χ3v) is 3.88. The molecule has 3 rings (SSSR count). The van der Waals surface area contributed by atoms with E-state index in [4.69, 9.17) is 0 Å². The molecule has 0 fully saturated rings. The summed E-state index contributed by atoms with van der Waals surface area (Å²) in [6.07, 6.45) is 1.81. The molecule has 3 nitrogen and oxygen atoms in total. The van der Waals surface area contributed by atoms with Gasteiger partial charge in [0.25, 0.3) is 0 Å². The Labute approximate surface area is 128 Å². The maximum atomic E-state index is 4.66. The summed E-state index contributed by atoms with van der Waals surface area (Å²) < 4.78 is 0. The normalized spacial score (nSPS) is 10.2. The number of fused-ring (bicyclic) bond motifs is 1. The SMILES string of the molecule is Cc1nc2ccccc2nc1SCc1ccccn1.Cl. The lowest BCUT2D eigenvalue weighted by Gasteiger charge is -2.05. The quantitative estimate of drug-likeness (QED) is 0.684. The molecular weight excluding hydrogens is 290 g/mol. The van der Waals surface area contributed by atoms with Gasteiger partial charge in [0, 0.05) is 11.9 Å². The van der Waals surface area contributed by atoms with Crippen LogP contribution in [0, 0.1) is 6.92 Å². The van der Waals surface area contributed by atoms with Crippen molar-refractivity contribution >= 4 is 35.2 Å². The number of hydrogen-bond acceptors (Lipinski definition) is 4. The van der Waals surface area contributed by atoms with Crippen LogP contribution in [0.25, 0.3) is 11.0 Å². The van der Waals surface area contributed by atoms with Gasteiger partial charge in [0.15, 0.2) is 0 Å². The van der Waals surface area contributed by atoms with E-state index in [0.717, 1.165) is 33.2 Å². The molecule has 0 saturated heterocycles. The first-order valence-corrected chi connectivity index (χ1v) is 7.07. The van der Waals surface area contributed by atoms with Crippen LogP contribution in [0.2, 0.25) is 0 Å². The summed E-state index contributed by atoms with van der Waals surface area (Å²) in [5.41, 5.74) is 3.92. The molecule has 0 saturated carbocycles. The van der Waals surface area contributed by atoms with E-state index in [2.05, 4.69) is 15.0 Å². The van der Waals surface area contributed by atoms with Crippen LogP contribution in [0.4, 0.5) is 0 Å². The van der Waals surface area contributed by atoms with Gasteiger partial charge in [0.1, 0.15) is 5.03 Å². The van der Waals surface area contributed by atoms with E-state index in [0.29, 0.717) is 0 Å². The number of aryl methyl sites for hydroxylation is 1. The van der Waals surface area contributed by atoms with Gasteiger partial charge in [0.05, 0.1) is 22.4 Å². The first-order chi connectivity index (χ1) is 9.33. The Morgan fingerprint density at radius 2 is 1.65 bits per heavy atom. The van der Waals surface area contributed by atoms with Gasteiger partial charge < -0.3 is 0 Å². The minimum atomic E-state index is 0. The molecule has 5 heteroatoms. The minimum Gasteiger partial charge on any atom is -0.260 e. The topological polar surface area (TPSA) is 38.7 Å². The summed E-state index contributed by atoms with van der Waals surface area (Å²) >= 11 is 1.68. The van der Waals surface area contributed by atoms with Crippen LogP contribution in [0.1, 0.15) is 11.4 Å². The molecule has 0 spiro atoms. The first-order valence-electron chi connectivity index (χ1n) is 6.09. The fourth-order valence-corrected chi connectivity index (χ4v) is 2.71. The molecule has 0 aliphatic carbocycles. The number of para-hydroxylation sites is 2. The van der Waals surface area contributed by atoms with Gasteiger partial charge >= 0.3 is 0 Å². The Morgan fingerprint density at radius 3 is 2.35 bits per heavy atom. The molecular formula is C15H14ClN3S. The second-order valence-corrected chi connectivity index (χ2v) is 5.18. The fraction of sp³-hybridized carbons (Fsp3) is 0.133. The van der Waals surface area contributed by atoms with Gasteiger partial charge in [-0.05, 0) is 31.2 Å². The summed E-state index contributed by atoms with van der Waals surface area (Å²) in [7, 11) is 0. The molecule has 3 aromatic rings. The number of nitrogens with zero attached hydrogens (tertiary/aromatic N) is 3. The van der Waals surface area contributed by atoms with Gasteiger partial charge in [-0.2, -0.15) is 0 Å². The fourth-order valence-electron chi connectivity index (χ4n) is 1.83. The number of pyridine rings is 1. The van der Waals surface area contributed by atoms with Crippen LogP contribution in [0.5, 0.6) is 0 Å². The van der Waals surface area contributed by atoms with E-state index in [-0.39, 0.29) is 12.4 Å². The lowest BCUT2D eigenvalue weighted by Crippen LogP contribution is -1.93. The first kappa shape index (κ1) is 14.8. The number of aromatic nitrogens is 3. The van der Waals surface area contributed by atoms with Gasteiger partial charge in [-0.1, -0.05) is 30.0 Å². The van der Waals surface area contributed by atoms with Crippen molar-refractivity contribution in [3.05, 3.63) is 60.0 Å². The van der Waals surface area contributed by atoms with Gasteiger partial charge in [0.2, 0.25) is 0 Å². The highest BCUT2D eigenvalue weighted by Gasteiger charge is 2.06. The molecule has 0 atom stereocenters. The molecule has 2 heterocycles. The second kappa shape index (κ2) is 6.68. The standard InChI is InChI=1S/C15H13N3S.ClH/c1-11-15(19-10-12-6-4-5-9-16-12)18-14-8-3-2-7-13(14)17-11;/h2-9H,10H2,1H3;1H. The second-order valence-electron chi connectivity index (χ2n) is 4.21. The third kappa shape index (κ3) is 3.26. The van der Waals surface area contributed by atoms with E-state index in [1.54, 1.807) is 11.8 Å². The molecule has 0 N–H and O–H groups in total. The van der Waals surface area contributed by atoms with Crippen molar-refractivity contribution in [2.24, 2.45) is 0 Å². The Balaban J connectivity index is 0.00000147. The van der Waals surface area contributed by atoms with Crippen molar-refractivity contribution in [1.29, 1.82) is 0 Å².